The number of benzene rings is 2. The van der Waals surface area contributed by atoms with Crippen LogP contribution in [0.3, 0.4) is 0 Å². The van der Waals surface area contributed by atoms with Crippen LogP contribution in [0.5, 0.6) is 23.0 Å². The van der Waals surface area contributed by atoms with Crippen LogP contribution in [0, 0.1) is 0 Å². The van der Waals surface area contributed by atoms with Crippen molar-refractivity contribution in [2.75, 3.05) is 21.3 Å². The smallest absolute Gasteiger partial charge is 0.250 e. The molecular weight excluding hydrogens is 368 g/mol. The van der Waals surface area contributed by atoms with Crippen LogP contribution in [0.15, 0.2) is 12.1 Å². The summed E-state index contributed by atoms with van der Waals surface area (Å²) in [6.07, 6.45) is 1.72. The van der Waals surface area contributed by atoms with Crippen LogP contribution in [0.4, 0.5) is 0 Å². The Hall–Kier alpha value is -1.88. The minimum absolute atomic E-state index is 0.0861. The predicted octanol–water partition coefficient (Wildman–Crippen LogP) is 6.37. The third-order valence-electron chi connectivity index (χ3n) is 6.01. The van der Waals surface area contributed by atoms with Crippen molar-refractivity contribution >= 4 is 19.1 Å². The summed E-state index contributed by atoms with van der Waals surface area (Å²) in [6.45, 7) is 15.7. The lowest BCUT2D eigenvalue weighted by molar-refractivity contribution is 0.396. The molecule has 0 aromatic heterocycles. The maximum Gasteiger partial charge on any atom is 0.250 e. The van der Waals surface area contributed by atoms with E-state index < -0.39 is 8.32 Å². The van der Waals surface area contributed by atoms with Crippen molar-refractivity contribution in [2.45, 2.75) is 65.6 Å². The van der Waals surface area contributed by atoms with Gasteiger partial charge in [-0.25, -0.2) is 0 Å². The highest BCUT2D eigenvalue weighted by Crippen LogP contribution is 2.51. The summed E-state index contributed by atoms with van der Waals surface area (Å²) >= 11 is 0. The summed E-state index contributed by atoms with van der Waals surface area (Å²) in [6, 6.07) is 3.88. The molecule has 0 heterocycles. The van der Waals surface area contributed by atoms with Crippen molar-refractivity contribution in [3.8, 4) is 23.0 Å². The van der Waals surface area contributed by atoms with Gasteiger partial charge in [-0.2, -0.15) is 0 Å². The fraction of sp³-hybridized carbons (Fsp3) is 0.565. The van der Waals surface area contributed by atoms with Crippen LogP contribution >= 0.6 is 0 Å². The van der Waals surface area contributed by atoms with Crippen LogP contribution in [0.2, 0.25) is 18.1 Å². The number of hydrogen-bond acceptors (Lipinski definition) is 4. The summed E-state index contributed by atoms with van der Waals surface area (Å²) in [4.78, 5) is 0. The van der Waals surface area contributed by atoms with Crippen molar-refractivity contribution in [1.29, 1.82) is 0 Å². The first-order chi connectivity index (χ1) is 13.1. The first-order valence-electron chi connectivity index (χ1n) is 10.0. The van der Waals surface area contributed by atoms with E-state index in [1.54, 1.807) is 21.3 Å². The summed E-state index contributed by atoms with van der Waals surface area (Å²) in [7, 11) is 3.04. The molecule has 0 unspecified atom stereocenters. The molecule has 0 aliphatic heterocycles. The zero-order chi connectivity index (χ0) is 21.3. The van der Waals surface area contributed by atoms with E-state index in [1.165, 1.54) is 11.1 Å². The first kappa shape index (κ1) is 22.4. The lowest BCUT2D eigenvalue weighted by Crippen LogP contribution is -2.44. The predicted molar refractivity (Wildman–Crippen MR) is 120 cm³/mol. The zero-order valence-electron chi connectivity index (χ0n) is 19.2. The highest BCUT2D eigenvalue weighted by Gasteiger charge is 2.40. The van der Waals surface area contributed by atoms with Crippen LogP contribution in [0.1, 0.15) is 45.7 Å². The molecule has 2 rings (SSSR count). The van der Waals surface area contributed by atoms with Gasteiger partial charge in [-0.05, 0) is 43.1 Å². The Balaban J connectivity index is 3.06. The minimum Gasteiger partial charge on any atom is -0.543 e. The normalized spacial score (nSPS) is 12.2. The average molecular weight is 405 g/mol. The van der Waals surface area contributed by atoms with Crippen LogP contribution in [-0.2, 0) is 12.8 Å². The lowest BCUT2D eigenvalue weighted by atomic mass is 9.93. The van der Waals surface area contributed by atoms with Gasteiger partial charge in [0.1, 0.15) is 23.0 Å². The molecule has 0 spiro atoms. The Morgan fingerprint density at radius 1 is 0.750 bits per heavy atom. The van der Waals surface area contributed by atoms with E-state index in [-0.39, 0.29) is 5.04 Å². The standard InChI is InChI=1S/C23H36O4Si/c1-11-15-16(12-2)22(27-28(9,10)23(3,4)5)20-18(25-7)14-13-17(24-6)19(20)21(15)26-8/h13-14H,11-12H2,1-10H3. The van der Waals surface area contributed by atoms with E-state index >= 15 is 0 Å². The van der Waals surface area contributed by atoms with Crippen molar-refractivity contribution in [1.82, 2.24) is 0 Å². The van der Waals surface area contributed by atoms with E-state index in [1.807, 2.05) is 12.1 Å². The molecule has 28 heavy (non-hydrogen) atoms. The van der Waals surface area contributed by atoms with E-state index in [2.05, 4.69) is 47.7 Å². The Morgan fingerprint density at radius 3 is 1.54 bits per heavy atom. The minimum atomic E-state index is -2.07. The van der Waals surface area contributed by atoms with Crippen molar-refractivity contribution < 1.29 is 18.6 Å². The molecular formula is C23H36O4Si. The number of ether oxygens (including phenoxy) is 3. The second kappa shape index (κ2) is 8.24. The van der Waals surface area contributed by atoms with Crippen LogP contribution < -0.4 is 18.6 Å². The van der Waals surface area contributed by atoms with Gasteiger partial charge >= 0.3 is 0 Å². The topological polar surface area (TPSA) is 36.9 Å². The maximum absolute atomic E-state index is 6.93. The Labute approximate surface area is 171 Å². The molecule has 0 saturated heterocycles. The third-order valence-corrected chi connectivity index (χ3v) is 10.3. The largest absolute Gasteiger partial charge is 0.543 e. The van der Waals surface area contributed by atoms with Gasteiger partial charge in [-0.15, -0.1) is 0 Å². The Bertz CT molecular complexity index is 850. The molecule has 0 fully saturated rings. The summed E-state index contributed by atoms with van der Waals surface area (Å²) in [5.41, 5.74) is 2.38. The third kappa shape index (κ3) is 3.69. The molecule has 0 aliphatic rings. The molecule has 0 N–H and O–H groups in total. The van der Waals surface area contributed by atoms with Crippen molar-refractivity contribution in [3.63, 3.8) is 0 Å². The van der Waals surface area contributed by atoms with E-state index in [9.17, 15) is 0 Å². The molecule has 0 amide bonds. The average Bonchev–Trinajstić information content (AvgIpc) is 2.65. The van der Waals surface area contributed by atoms with Gasteiger partial charge in [0.2, 0.25) is 0 Å². The first-order valence-corrected chi connectivity index (χ1v) is 12.9. The molecule has 0 bridgehead atoms. The van der Waals surface area contributed by atoms with E-state index in [0.717, 1.165) is 46.6 Å². The second-order valence-electron chi connectivity index (χ2n) is 8.61. The monoisotopic (exact) mass is 404 g/mol. The lowest BCUT2D eigenvalue weighted by Gasteiger charge is -2.38. The summed E-state index contributed by atoms with van der Waals surface area (Å²) in [5.74, 6) is 3.33. The second-order valence-corrected chi connectivity index (χ2v) is 13.3. The fourth-order valence-electron chi connectivity index (χ4n) is 3.43. The van der Waals surface area contributed by atoms with E-state index in [0.29, 0.717) is 0 Å². The highest BCUT2D eigenvalue weighted by molar-refractivity contribution is 6.74. The quantitative estimate of drug-likeness (QED) is 0.502. The molecule has 0 radical (unpaired) electrons. The molecule has 4 nitrogen and oxygen atoms in total. The van der Waals surface area contributed by atoms with Gasteiger partial charge in [0.05, 0.1) is 32.1 Å². The number of hydrogen-bond donors (Lipinski definition) is 0. The number of rotatable bonds is 7. The van der Waals surface area contributed by atoms with Gasteiger partial charge in [0.15, 0.2) is 0 Å². The number of fused-ring (bicyclic) bond motifs is 1. The van der Waals surface area contributed by atoms with Gasteiger partial charge in [-0.1, -0.05) is 34.6 Å². The van der Waals surface area contributed by atoms with Crippen molar-refractivity contribution in [3.05, 3.63) is 23.3 Å². The molecule has 0 atom stereocenters. The Kier molecular flexibility index (Phi) is 6.59. The molecule has 156 valence electrons. The maximum atomic E-state index is 6.93. The van der Waals surface area contributed by atoms with Crippen LogP contribution in [-0.4, -0.2) is 29.6 Å². The molecule has 0 saturated carbocycles. The van der Waals surface area contributed by atoms with Crippen molar-refractivity contribution in [2.24, 2.45) is 0 Å². The van der Waals surface area contributed by atoms with Gasteiger partial charge in [0.25, 0.3) is 8.32 Å². The molecule has 2 aromatic carbocycles. The Morgan fingerprint density at radius 2 is 1.18 bits per heavy atom. The molecule has 0 aliphatic carbocycles. The van der Waals surface area contributed by atoms with Gasteiger partial charge in [0, 0.05) is 11.1 Å². The van der Waals surface area contributed by atoms with Gasteiger partial charge < -0.3 is 18.6 Å². The molecule has 2 aromatic rings. The zero-order valence-corrected chi connectivity index (χ0v) is 20.2. The number of methoxy groups -OCH3 is 3. The fourth-order valence-corrected chi connectivity index (χ4v) is 4.47. The van der Waals surface area contributed by atoms with Gasteiger partial charge in [-0.3, -0.25) is 0 Å². The van der Waals surface area contributed by atoms with E-state index in [4.69, 9.17) is 18.6 Å². The summed E-state index contributed by atoms with van der Waals surface area (Å²) < 4.78 is 24.3. The molecule has 5 heteroatoms. The SMILES string of the molecule is CCc1c(CC)c(O[Si](C)(C)C(C)(C)C)c2c(OC)ccc(OC)c2c1OC. The highest BCUT2D eigenvalue weighted by atomic mass is 28.4. The summed E-state index contributed by atoms with van der Waals surface area (Å²) in [5, 5.41) is 1.95. The van der Waals surface area contributed by atoms with Crippen LogP contribution in [0.25, 0.3) is 10.8 Å².